The molecule has 9 heteroatoms. The number of unbranched alkanes of at least 4 members (excludes halogenated alkanes) is 28. The average Bonchev–Trinajstić information content (AvgIpc) is 3.09. The number of phosphoric acid groups is 1. The number of rotatable bonds is 41. The van der Waals surface area contributed by atoms with Crippen molar-refractivity contribution in [2.45, 2.75) is 219 Å². The van der Waals surface area contributed by atoms with E-state index < -0.39 is 13.9 Å². The first-order valence-electron chi connectivity index (χ1n) is 21.0. The second kappa shape index (κ2) is 38.7. The van der Waals surface area contributed by atoms with Crippen molar-refractivity contribution in [2.24, 2.45) is 5.73 Å². The quantitative estimate of drug-likeness (QED) is 0.0364. The Morgan fingerprint density at radius 3 is 1.29 bits per heavy atom. The van der Waals surface area contributed by atoms with Crippen molar-refractivity contribution < 1.29 is 32.8 Å². The van der Waals surface area contributed by atoms with Gasteiger partial charge >= 0.3 is 13.8 Å². The lowest BCUT2D eigenvalue weighted by Crippen LogP contribution is -2.28. The van der Waals surface area contributed by atoms with E-state index in [4.69, 9.17) is 24.3 Å². The zero-order valence-electron chi connectivity index (χ0n) is 32.5. The van der Waals surface area contributed by atoms with Gasteiger partial charge in [-0.2, -0.15) is 0 Å². The molecular formula is C40H82NO7P. The molecule has 0 aliphatic carbocycles. The van der Waals surface area contributed by atoms with E-state index in [2.05, 4.69) is 13.8 Å². The topological polar surface area (TPSA) is 117 Å². The van der Waals surface area contributed by atoms with Gasteiger partial charge in [-0.1, -0.05) is 194 Å². The van der Waals surface area contributed by atoms with E-state index in [0.717, 1.165) is 32.1 Å². The van der Waals surface area contributed by atoms with Crippen molar-refractivity contribution >= 4 is 13.8 Å². The number of phosphoric ester groups is 1. The lowest BCUT2D eigenvalue weighted by molar-refractivity contribution is -0.154. The summed E-state index contributed by atoms with van der Waals surface area (Å²) in [6, 6.07) is 0. The first-order valence-corrected chi connectivity index (χ1v) is 22.5. The minimum absolute atomic E-state index is 0.0902. The molecule has 0 aliphatic rings. The zero-order chi connectivity index (χ0) is 35.9. The molecule has 0 bridgehead atoms. The molecule has 0 aromatic rings. The van der Waals surface area contributed by atoms with Crippen LogP contribution < -0.4 is 5.73 Å². The van der Waals surface area contributed by atoms with Gasteiger partial charge in [0.25, 0.3) is 0 Å². The van der Waals surface area contributed by atoms with Crippen LogP contribution in [0.3, 0.4) is 0 Å². The number of nitrogens with two attached hydrogens (primary N) is 1. The minimum atomic E-state index is -4.26. The fourth-order valence-electron chi connectivity index (χ4n) is 6.17. The highest BCUT2D eigenvalue weighted by atomic mass is 31.2. The molecule has 0 radical (unpaired) electrons. The van der Waals surface area contributed by atoms with Crippen LogP contribution in [0, 0.1) is 0 Å². The molecule has 294 valence electrons. The third kappa shape index (κ3) is 38.6. The Bertz CT molecular complexity index is 727. The largest absolute Gasteiger partial charge is 0.472 e. The fourth-order valence-corrected chi connectivity index (χ4v) is 6.94. The summed E-state index contributed by atoms with van der Waals surface area (Å²) < 4.78 is 33.4. The van der Waals surface area contributed by atoms with Gasteiger partial charge in [-0.15, -0.1) is 0 Å². The summed E-state index contributed by atoms with van der Waals surface area (Å²) >= 11 is 0. The molecular weight excluding hydrogens is 637 g/mol. The predicted molar refractivity (Wildman–Crippen MR) is 206 cm³/mol. The molecule has 0 fully saturated rings. The number of hydrogen-bond acceptors (Lipinski definition) is 7. The van der Waals surface area contributed by atoms with Crippen molar-refractivity contribution in [1.29, 1.82) is 0 Å². The summed E-state index contributed by atoms with van der Waals surface area (Å²) in [5, 5.41) is 0. The Kier molecular flexibility index (Phi) is 38.3. The maximum Gasteiger partial charge on any atom is 0.472 e. The predicted octanol–water partition coefficient (Wildman–Crippen LogP) is 12.1. The molecule has 0 spiro atoms. The molecule has 49 heavy (non-hydrogen) atoms. The van der Waals surface area contributed by atoms with Crippen LogP contribution in [0.1, 0.15) is 213 Å². The molecule has 0 rings (SSSR count). The van der Waals surface area contributed by atoms with Crippen LogP contribution >= 0.6 is 7.82 Å². The minimum Gasteiger partial charge on any atom is -0.457 e. The second-order valence-electron chi connectivity index (χ2n) is 14.2. The molecule has 0 aromatic carbocycles. The van der Waals surface area contributed by atoms with E-state index in [-0.39, 0.29) is 32.3 Å². The van der Waals surface area contributed by atoms with Crippen molar-refractivity contribution in [3.8, 4) is 0 Å². The van der Waals surface area contributed by atoms with Crippen LogP contribution in [0.25, 0.3) is 0 Å². The van der Waals surface area contributed by atoms with Gasteiger partial charge in [-0.05, 0) is 12.8 Å². The molecule has 0 saturated heterocycles. The standard InChI is InChI=1S/C40H82NO7P/c1-3-5-7-9-11-13-15-17-19-20-21-23-25-27-29-31-33-40(42)48-39(38-47-49(43,44)46-36-34-41)37-45-35-32-30-28-26-24-22-18-16-14-12-10-8-6-4-2/h39H,3-38,41H2,1-2H3,(H,43,44)/t39-/m1/s1. The summed E-state index contributed by atoms with van der Waals surface area (Å²) in [5.41, 5.74) is 5.36. The summed E-state index contributed by atoms with van der Waals surface area (Å²) in [4.78, 5) is 22.4. The number of carbonyl (C=O) groups is 1. The molecule has 1 unspecified atom stereocenters. The van der Waals surface area contributed by atoms with Gasteiger partial charge in [0.05, 0.1) is 19.8 Å². The van der Waals surface area contributed by atoms with Gasteiger partial charge < -0.3 is 20.1 Å². The van der Waals surface area contributed by atoms with E-state index in [9.17, 15) is 14.3 Å². The van der Waals surface area contributed by atoms with Crippen LogP contribution in [0.4, 0.5) is 0 Å². The fraction of sp³-hybridized carbons (Fsp3) is 0.975. The smallest absolute Gasteiger partial charge is 0.457 e. The Morgan fingerprint density at radius 1 is 0.531 bits per heavy atom. The molecule has 8 nitrogen and oxygen atoms in total. The number of ether oxygens (including phenoxy) is 2. The number of esters is 1. The first-order chi connectivity index (χ1) is 23.9. The van der Waals surface area contributed by atoms with Crippen LogP contribution in [-0.4, -0.2) is 49.9 Å². The normalized spacial score (nSPS) is 13.5. The Hall–Kier alpha value is -0.500. The highest BCUT2D eigenvalue weighted by molar-refractivity contribution is 7.47. The van der Waals surface area contributed by atoms with Gasteiger partial charge in [0.2, 0.25) is 0 Å². The van der Waals surface area contributed by atoms with Gasteiger partial charge in [0.15, 0.2) is 0 Å². The van der Waals surface area contributed by atoms with Gasteiger partial charge in [0.1, 0.15) is 6.10 Å². The number of carbonyl (C=O) groups excluding carboxylic acids is 1. The lowest BCUT2D eigenvalue weighted by atomic mass is 10.0. The molecule has 0 aliphatic heterocycles. The highest BCUT2D eigenvalue weighted by Crippen LogP contribution is 2.43. The van der Waals surface area contributed by atoms with E-state index in [1.54, 1.807) is 0 Å². The van der Waals surface area contributed by atoms with Crippen molar-refractivity contribution in [3.05, 3.63) is 0 Å². The Morgan fingerprint density at radius 2 is 0.898 bits per heavy atom. The highest BCUT2D eigenvalue weighted by Gasteiger charge is 2.25. The molecule has 0 aromatic heterocycles. The summed E-state index contributed by atoms with van der Waals surface area (Å²) in [6.07, 6.45) is 38.2. The second-order valence-corrected chi connectivity index (χ2v) is 15.7. The van der Waals surface area contributed by atoms with Crippen LogP contribution in [0.5, 0.6) is 0 Å². The SMILES string of the molecule is CCCCCCCCCCCCCCCCCCC(=O)O[C@H](COCCCCCCCCCCCCCCCC)COP(=O)(O)OCCN. The van der Waals surface area contributed by atoms with Crippen LogP contribution in [0.2, 0.25) is 0 Å². The monoisotopic (exact) mass is 720 g/mol. The molecule has 2 atom stereocenters. The molecule has 0 heterocycles. The molecule has 0 saturated carbocycles. The van der Waals surface area contributed by atoms with Crippen LogP contribution in [-0.2, 0) is 27.9 Å². The molecule has 3 N–H and O–H groups in total. The van der Waals surface area contributed by atoms with Crippen molar-refractivity contribution in [2.75, 3.05) is 33.0 Å². The van der Waals surface area contributed by atoms with E-state index in [0.29, 0.717) is 13.0 Å². The summed E-state index contributed by atoms with van der Waals surface area (Å²) in [6.45, 7) is 4.98. The average molecular weight is 720 g/mol. The van der Waals surface area contributed by atoms with Gasteiger partial charge in [-0.3, -0.25) is 13.8 Å². The molecule has 0 amide bonds. The van der Waals surface area contributed by atoms with Gasteiger partial charge in [-0.25, -0.2) is 4.57 Å². The van der Waals surface area contributed by atoms with Crippen LogP contribution in [0.15, 0.2) is 0 Å². The zero-order valence-corrected chi connectivity index (χ0v) is 33.3. The van der Waals surface area contributed by atoms with E-state index >= 15 is 0 Å². The van der Waals surface area contributed by atoms with Crippen molar-refractivity contribution in [1.82, 2.24) is 0 Å². The first kappa shape index (κ1) is 48.5. The third-order valence-electron chi connectivity index (χ3n) is 9.27. The maximum atomic E-state index is 12.6. The summed E-state index contributed by atoms with van der Waals surface area (Å²) in [7, 11) is -4.26. The van der Waals surface area contributed by atoms with Crippen molar-refractivity contribution in [3.63, 3.8) is 0 Å². The lowest BCUT2D eigenvalue weighted by Gasteiger charge is -2.20. The van der Waals surface area contributed by atoms with E-state index in [1.165, 1.54) is 161 Å². The third-order valence-corrected chi connectivity index (χ3v) is 10.3. The summed E-state index contributed by atoms with van der Waals surface area (Å²) in [5.74, 6) is -0.324. The maximum absolute atomic E-state index is 12.6. The number of hydrogen-bond donors (Lipinski definition) is 2. The van der Waals surface area contributed by atoms with E-state index in [1.807, 2.05) is 0 Å². The Labute approximate surface area is 303 Å². The van der Waals surface area contributed by atoms with Gasteiger partial charge in [0, 0.05) is 19.6 Å². The Balaban J connectivity index is 3.99.